The lowest BCUT2D eigenvalue weighted by Crippen LogP contribution is -2.45. The monoisotopic (exact) mass is 316 g/mol. The molecule has 0 aromatic heterocycles. The van der Waals surface area contributed by atoms with Crippen molar-refractivity contribution in [1.29, 1.82) is 0 Å². The smallest absolute Gasteiger partial charge is 0.159 e. The average molecular weight is 316 g/mol. The van der Waals surface area contributed by atoms with E-state index in [1.807, 2.05) is 0 Å². The quantitative estimate of drug-likeness (QED) is 0.850. The molecule has 2 aromatic rings. The molecule has 0 unspecified atom stereocenters. The average Bonchev–Trinajstić information content (AvgIpc) is 2.55. The second-order valence-corrected chi connectivity index (χ2v) is 6.23. The lowest BCUT2D eigenvalue weighted by atomic mass is 10.1. The van der Waals surface area contributed by atoms with E-state index in [0.717, 1.165) is 38.3 Å². The van der Waals surface area contributed by atoms with Crippen molar-refractivity contribution in [1.82, 2.24) is 9.80 Å². The highest BCUT2D eigenvalue weighted by Gasteiger charge is 2.18. The third-order valence-electron chi connectivity index (χ3n) is 4.51. The molecule has 1 fully saturated rings. The SMILES string of the molecule is Cc1ccccc1CN1CCN(Cc2ccc(F)c(F)c2)CC1. The van der Waals surface area contributed by atoms with Gasteiger partial charge in [0.25, 0.3) is 0 Å². The lowest BCUT2D eigenvalue weighted by Gasteiger charge is -2.35. The van der Waals surface area contributed by atoms with E-state index in [1.54, 1.807) is 6.07 Å². The summed E-state index contributed by atoms with van der Waals surface area (Å²) < 4.78 is 26.2. The minimum Gasteiger partial charge on any atom is -0.297 e. The number of piperazine rings is 1. The lowest BCUT2D eigenvalue weighted by molar-refractivity contribution is 0.122. The van der Waals surface area contributed by atoms with Gasteiger partial charge in [0.15, 0.2) is 11.6 Å². The van der Waals surface area contributed by atoms with Gasteiger partial charge in [0.05, 0.1) is 0 Å². The molecule has 0 atom stereocenters. The van der Waals surface area contributed by atoms with Gasteiger partial charge in [-0.15, -0.1) is 0 Å². The van der Waals surface area contributed by atoms with Gasteiger partial charge in [-0.25, -0.2) is 8.78 Å². The predicted octanol–water partition coefficient (Wildman–Crippen LogP) is 3.59. The Hall–Kier alpha value is -1.78. The minimum absolute atomic E-state index is 0.676. The first kappa shape index (κ1) is 16.1. The van der Waals surface area contributed by atoms with Gasteiger partial charge in [-0.05, 0) is 35.7 Å². The topological polar surface area (TPSA) is 6.48 Å². The van der Waals surface area contributed by atoms with E-state index in [1.165, 1.54) is 23.3 Å². The standard InChI is InChI=1S/C19H22F2N2/c1-15-4-2-3-5-17(15)14-23-10-8-22(9-11-23)13-16-6-7-18(20)19(21)12-16/h2-7,12H,8-11,13-14H2,1H3. The van der Waals surface area contributed by atoms with Crippen molar-refractivity contribution in [2.75, 3.05) is 26.2 Å². The molecule has 0 aliphatic carbocycles. The van der Waals surface area contributed by atoms with E-state index >= 15 is 0 Å². The number of halogens is 2. The number of hydrogen-bond donors (Lipinski definition) is 0. The highest BCUT2D eigenvalue weighted by Crippen LogP contribution is 2.15. The second kappa shape index (κ2) is 7.20. The summed E-state index contributed by atoms with van der Waals surface area (Å²) >= 11 is 0. The predicted molar refractivity (Wildman–Crippen MR) is 88.1 cm³/mol. The second-order valence-electron chi connectivity index (χ2n) is 6.23. The third-order valence-corrected chi connectivity index (χ3v) is 4.51. The number of hydrogen-bond acceptors (Lipinski definition) is 2. The first-order chi connectivity index (χ1) is 11.1. The Kier molecular flexibility index (Phi) is 5.03. The number of nitrogens with zero attached hydrogens (tertiary/aromatic N) is 2. The van der Waals surface area contributed by atoms with Gasteiger partial charge in [-0.3, -0.25) is 9.80 Å². The Morgan fingerprint density at radius 3 is 2.13 bits per heavy atom. The Labute approximate surface area is 136 Å². The zero-order valence-corrected chi connectivity index (χ0v) is 13.4. The normalized spacial score (nSPS) is 16.7. The van der Waals surface area contributed by atoms with E-state index in [4.69, 9.17) is 0 Å². The number of benzene rings is 2. The molecule has 4 heteroatoms. The molecule has 3 rings (SSSR count). The molecule has 2 aromatic carbocycles. The fourth-order valence-electron chi connectivity index (χ4n) is 3.03. The van der Waals surface area contributed by atoms with Crippen molar-refractivity contribution < 1.29 is 8.78 Å². The molecule has 1 heterocycles. The minimum atomic E-state index is -0.781. The van der Waals surface area contributed by atoms with E-state index < -0.39 is 11.6 Å². The molecule has 0 radical (unpaired) electrons. The molecule has 0 bridgehead atoms. The molecule has 0 N–H and O–H groups in total. The summed E-state index contributed by atoms with van der Waals surface area (Å²) in [6.45, 7) is 7.70. The Morgan fingerprint density at radius 2 is 1.48 bits per heavy atom. The van der Waals surface area contributed by atoms with Crippen molar-refractivity contribution in [3.63, 3.8) is 0 Å². The first-order valence-corrected chi connectivity index (χ1v) is 8.05. The Balaban J connectivity index is 1.52. The summed E-state index contributed by atoms with van der Waals surface area (Å²) in [6, 6.07) is 12.7. The van der Waals surface area contributed by atoms with Crippen LogP contribution in [-0.4, -0.2) is 36.0 Å². The van der Waals surface area contributed by atoms with Crippen LogP contribution in [0.5, 0.6) is 0 Å². The number of aryl methyl sites for hydroxylation is 1. The zero-order valence-electron chi connectivity index (χ0n) is 13.4. The summed E-state index contributed by atoms with van der Waals surface area (Å²) in [4.78, 5) is 4.74. The maximum absolute atomic E-state index is 13.3. The molecule has 1 aliphatic rings. The van der Waals surface area contributed by atoms with Gasteiger partial charge in [0.2, 0.25) is 0 Å². The molecular formula is C19H22F2N2. The van der Waals surface area contributed by atoms with Gasteiger partial charge < -0.3 is 0 Å². The summed E-state index contributed by atoms with van der Waals surface area (Å²) in [5.41, 5.74) is 3.54. The maximum Gasteiger partial charge on any atom is 0.159 e. The van der Waals surface area contributed by atoms with Crippen LogP contribution in [0.15, 0.2) is 42.5 Å². The van der Waals surface area contributed by atoms with E-state index in [0.29, 0.717) is 6.54 Å². The molecule has 122 valence electrons. The summed E-state index contributed by atoms with van der Waals surface area (Å²) in [7, 11) is 0. The molecular weight excluding hydrogens is 294 g/mol. The Morgan fingerprint density at radius 1 is 0.826 bits per heavy atom. The molecule has 0 amide bonds. The van der Waals surface area contributed by atoms with Crippen LogP contribution in [0.4, 0.5) is 8.78 Å². The Bertz CT molecular complexity index is 664. The van der Waals surface area contributed by atoms with E-state index in [-0.39, 0.29) is 0 Å². The van der Waals surface area contributed by atoms with Crippen LogP contribution in [0.3, 0.4) is 0 Å². The van der Waals surface area contributed by atoms with Crippen molar-refractivity contribution >= 4 is 0 Å². The van der Waals surface area contributed by atoms with Crippen LogP contribution >= 0.6 is 0 Å². The van der Waals surface area contributed by atoms with Crippen LogP contribution in [0.2, 0.25) is 0 Å². The highest BCUT2D eigenvalue weighted by atomic mass is 19.2. The zero-order chi connectivity index (χ0) is 16.2. The van der Waals surface area contributed by atoms with Crippen LogP contribution in [-0.2, 0) is 13.1 Å². The molecule has 0 spiro atoms. The van der Waals surface area contributed by atoms with Gasteiger partial charge in [0, 0.05) is 39.3 Å². The summed E-state index contributed by atoms with van der Waals surface area (Å²) in [5.74, 6) is -1.54. The molecule has 0 saturated carbocycles. The summed E-state index contributed by atoms with van der Waals surface area (Å²) in [5, 5.41) is 0. The van der Waals surface area contributed by atoms with Crippen molar-refractivity contribution in [3.8, 4) is 0 Å². The number of rotatable bonds is 4. The molecule has 2 nitrogen and oxygen atoms in total. The highest BCUT2D eigenvalue weighted by molar-refractivity contribution is 5.25. The van der Waals surface area contributed by atoms with Crippen molar-refractivity contribution in [3.05, 3.63) is 70.8 Å². The molecule has 23 heavy (non-hydrogen) atoms. The van der Waals surface area contributed by atoms with Crippen LogP contribution in [0.25, 0.3) is 0 Å². The van der Waals surface area contributed by atoms with Crippen molar-refractivity contribution in [2.24, 2.45) is 0 Å². The first-order valence-electron chi connectivity index (χ1n) is 8.05. The van der Waals surface area contributed by atoms with Gasteiger partial charge in [0.1, 0.15) is 0 Å². The maximum atomic E-state index is 13.3. The van der Waals surface area contributed by atoms with E-state index in [2.05, 4.69) is 41.0 Å². The van der Waals surface area contributed by atoms with Gasteiger partial charge in [-0.2, -0.15) is 0 Å². The molecule has 1 aliphatic heterocycles. The van der Waals surface area contributed by atoms with Crippen LogP contribution in [0, 0.1) is 18.6 Å². The van der Waals surface area contributed by atoms with Gasteiger partial charge >= 0.3 is 0 Å². The fourth-order valence-corrected chi connectivity index (χ4v) is 3.03. The van der Waals surface area contributed by atoms with Crippen LogP contribution < -0.4 is 0 Å². The fraction of sp³-hybridized carbons (Fsp3) is 0.368. The van der Waals surface area contributed by atoms with Crippen molar-refractivity contribution in [2.45, 2.75) is 20.0 Å². The summed E-state index contributed by atoms with van der Waals surface area (Å²) in [6.07, 6.45) is 0. The van der Waals surface area contributed by atoms with Crippen LogP contribution in [0.1, 0.15) is 16.7 Å². The largest absolute Gasteiger partial charge is 0.297 e. The third kappa shape index (κ3) is 4.15. The van der Waals surface area contributed by atoms with Gasteiger partial charge in [-0.1, -0.05) is 30.3 Å². The molecule has 1 saturated heterocycles. The van der Waals surface area contributed by atoms with E-state index in [9.17, 15) is 8.78 Å².